The van der Waals surface area contributed by atoms with E-state index in [0.717, 1.165) is 18.2 Å². The maximum absolute atomic E-state index is 13.3. The summed E-state index contributed by atoms with van der Waals surface area (Å²) < 4.78 is 30.8. The number of hydrogen-bond acceptors (Lipinski definition) is 3. The molecule has 1 amide bonds. The molecule has 1 rings (SSSR count). The van der Waals surface area contributed by atoms with Crippen molar-refractivity contribution < 1.29 is 28.2 Å². The predicted octanol–water partition coefficient (Wildman–Crippen LogP) is 0.794. The lowest BCUT2D eigenvalue weighted by atomic mass is 10.1. The highest BCUT2D eigenvalue weighted by Crippen LogP contribution is 2.11. The van der Waals surface area contributed by atoms with Crippen LogP contribution in [0.3, 0.4) is 0 Å². The molecule has 0 heterocycles. The van der Waals surface area contributed by atoms with Crippen LogP contribution in [-0.4, -0.2) is 36.7 Å². The molecule has 18 heavy (non-hydrogen) atoms. The van der Waals surface area contributed by atoms with Gasteiger partial charge in [-0.1, -0.05) is 6.07 Å². The summed E-state index contributed by atoms with van der Waals surface area (Å²) in [6, 6.07) is 1.74. The van der Waals surface area contributed by atoms with E-state index in [1.165, 1.54) is 7.11 Å². The number of carboxylic acids is 1. The van der Waals surface area contributed by atoms with E-state index >= 15 is 0 Å². The number of ether oxygens (including phenoxy) is 1. The highest BCUT2D eigenvalue weighted by molar-refractivity contribution is 5.96. The Bertz CT molecular complexity index is 464. The third-order valence-corrected chi connectivity index (χ3v) is 2.13. The van der Waals surface area contributed by atoms with Crippen LogP contribution in [0.15, 0.2) is 18.2 Å². The van der Waals surface area contributed by atoms with Gasteiger partial charge in [0.2, 0.25) is 0 Å². The van der Waals surface area contributed by atoms with Gasteiger partial charge < -0.3 is 15.2 Å². The fourth-order valence-electron chi connectivity index (χ4n) is 1.26. The van der Waals surface area contributed by atoms with Crippen LogP contribution in [0.25, 0.3) is 0 Å². The first-order chi connectivity index (χ1) is 8.47. The Labute approximate surface area is 101 Å². The lowest BCUT2D eigenvalue weighted by molar-refractivity contribution is -0.140. The molecule has 0 fully saturated rings. The Morgan fingerprint density at radius 2 is 2.11 bits per heavy atom. The lowest BCUT2D eigenvalue weighted by Crippen LogP contribution is -2.44. The summed E-state index contributed by atoms with van der Waals surface area (Å²) in [5.74, 6) is -4.85. The Morgan fingerprint density at radius 1 is 1.44 bits per heavy atom. The fourth-order valence-corrected chi connectivity index (χ4v) is 1.26. The van der Waals surface area contributed by atoms with Crippen LogP contribution in [0.2, 0.25) is 0 Å². The molecule has 98 valence electrons. The number of methoxy groups -OCH3 is 1. The molecule has 1 aromatic rings. The Morgan fingerprint density at radius 3 is 2.67 bits per heavy atom. The minimum atomic E-state index is -1.33. The molecule has 1 unspecified atom stereocenters. The largest absolute Gasteiger partial charge is 0.480 e. The summed E-state index contributed by atoms with van der Waals surface area (Å²) >= 11 is 0. The molecule has 0 bridgehead atoms. The van der Waals surface area contributed by atoms with E-state index in [2.05, 4.69) is 4.74 Å². The average molecular weight is 259 g/mol. The predicted molar refractivity (Wildman–Crippen MR) is 57.1 cm³/mol. The number of carboxylic acid groups (broad SMARTS) is 1. The maximum Gasteiger partial charge on any atom is 0.328 e. The molecule has 0 radical (unpaired) electrons. The molecule has 0 spiro atoms. The van der Waals surface area contributed by atoms with E-state index in [1.807, 2.05) is 5.32 Å². The number of amides is 1. The molecule has 0 aliphatic heterocycles. The van der Waals surface area contributed by atoms with Crippen molar-refractivity contribution in [3.8, 4) is 0 Å². The number of carbonyl (C=O) groups is 2. The topological polar surface area (TPSA) is 75.6 Å². The van der Waals surface area contributed by atoms with Gasteiger partial charge in [-0.2, -0.15) is 0 Å². The van der Waals surface area contributed by atoms with Crippen LogP contribution in [0.4, 0.5) is 8.78 Å². The number of carbonyl (C=O) groups excluding carboxylic acids is 1. The second kappa shape index (κ2) is 6.06. The van der Waals surface area contributed by atoms with Crippen LogP contribution >= 0.6 is 0 Å². The molecule has 0 aliphatic carbocycles. The van der Waals surface area contributed by atoms with Gasteiger partial charge in [-0.05, 0) is 12.1 Å². The molecule has 7 heteroatoms. The van der Waals surface area contributed by atoms with Gasteiger partial charge >= 0.3 is 5.97 Å². The first kappa shape index (κ1) is 14.0. The molecule has 1 aromatic carbocycles. The Balaban J connectivity index is 2.87. The van der Waals surface area contributed by atoms with Crippen LogP contribution < -0.4 is 5.32 Å². The van der Waals surface area contributed by atoms with E-state index in [-0.39, 0.29) is 6.61 Å². The van der Waals surface area contributed by atoms with Crippen LogP contribution in [0.1, 0.15) is 10.4 Å². The van der Waals surface area contributed by atoms with Gasteiger partial charge in [0.15, 0.2) is 17.7 Å². The molecule has 5 nitrogen and oxygen atoms in total. The second-order valence-electron chi connectivity index (χ2n) is 3.42. The zero-order valence-corrected chi connectivity index (χ0v) is 9.44. The van der Waals surface area contributed by atoms with Crippen molar-refractivity contribution in [1.29, 1.82) is 0 Å². The summed E-state index contributed by atoms with van der Waals surface area (Å²) in [5.41, 5.74) is -0.558. The number of benzene rings is 1. The van der Waals surface area contributed by atoms with E-state index in [1.54, 1.807) is 0 Å². The third kappa shape index (κ3) is 3.24. The molecular formula is C11H11F2NO4. The quantitative estimate of drug-likeness (QED) is 0.819. The number of rotatable bonds is 5. The first-order valence-electron chi connectivity index (χ1n) is 4.94. The Hall–Kier alpha value is -2.02. The first-order valence-corrected chi connectivity index (χ1v) is 4.94. The lowest BCUT2D eigenvalue weighted by Gasteiger charge is -2.13. The minimum Gasteiger partial charge on any atom is -0.480 e. The monoisotopic (exact) mass is 259 g/mol. The SMILES string of the molecule is COCC(NC(=O)c1cccc(F)c1F)C(=O)O. The zero-order chi connectivity index (χ0) is 13.7. The van der Waals surface area contributed by atoms with Crippen LogP contribution in [-0.2, 0) is 9.53 Å². The summed E-state index contributed by atoms with van der Waals surface area (Å²) in [6.45, 7) is -0.280. The van der Waals surface area contributed by atoms with E-state index in [0.29, 0.717) is 0 Å². The van der Waals surface area contributed by atoms with E-state index in [9.17, 15) is 18.4 Å². The highest BCUT2D eigenvalue weighted by atomic mass is 19.2. The maximum atomic E-state index is 13.3. The van der Waals surface area contributed by atoms with Gasteiger partial charge in [0.05, 0.1) is 12.2 Å². The number of nitrogens with one attached hydrogen (secondary N) is 1. The van der Waals surface area contributed by atoms with Gasteiger partial charge in [0, 0.05) is 7.11 Å². The molecular weight excluding hydrogens is 248 g/mol. The van der Waals surface area contributed by atoms with Crippen molar-refractivity contribution in [2.45, 2.75) is 6.04 Å². The second-order valence-corrected chi connectivity index (χ2v) is 3.42. The summed E-state index contributed by atoms with van der Waals surface area (Å²) in [4.78, 5) is 22.3. The number of halogens is 2. The van der Waals surface area contributed by atoms with E-state index < -0.39 is 35.1 Å². The fraction of sp³-hybridized carbons (Fsp3) is 0.273. The van der Waals surface area contributed by atoms with Crippen molar-refractivity contribution in [3.05, 3.63) is 35.4 Å². The number of aliphatic carboxylic acids is 1. The molecule has 0 aliphatic rings. The van der Waals surface area contributed by atoms with Gasteiger partial charge in [-0.3, -0.25) is 4.79 Å². The zero-order valence-electron chi connectivity index (χ0n) is 9.44. The standard InChI is InChI=1S/C11H11F2NO4/c1-18-5-8(11(16)17)14-10(15)6-3-2-4-7(12)9(6)13/h2-4,8H,5H2,1H3,(H,14,15)(H,16,17). The van der Waals surface area contributed by atoms with E-state index in [4.69, 9.17) is 5.11 Å². The van der Waals surface area contributed by atoms with Gasteiger partial charge in [0.25, 0.3) is 5.91 Å². The van der Waals surface area contributed by atoms with Crippen molar-refractivity contribution in [3.63, 3.8) is 0 Å². The normalized spacial score (nSPS) is 11.9. The van der Waals surface area contributed by atoms with Gasteiger partial charge in [-0.25, -0.2) is 13.6 Å². The van der Waals surface area contributed by atoms with Crippen LogP contribution in [0.5, 0.6) is 0 Å². The molecule has 0 saturated heterocycles. The smallest absolute Gasteiger partial charge is 0.328 e. The third-order valence-electron chi connectivity index (χ3n) is 2.13. The summed E-state index contributed by atoms with van der Waals surface area (Å²) in [7, 11) is 1.25. The number of hydrogen-bond donors (Lipinski definition) is 2. The summed E-state index contributed by atoms with van der Waals surface area (Å²) in [6.07, 6.45) is 0. The Kier molecular flexibility index (Phi) is 4.73. The van der Waals surface area contributed by atoms with Crippen LogP contribution in [0, 0.1) is 11.6 Å². The summed E-state index contributed by atoms with van der Waals surface area (Å²) in [5, 5.41) is 10.8. The van der Waals surface area contributed by atoms with Crippen molar-refractivity contribution >= 4 is 11.9 Å². The van der Waals surface area contributed by atoms with Crippen molar-refractivity contribution in [2.75, 3.05) is 13.7 Å². The molecule has 0 aromatic heterocycles. The van der Waals surface area contributed by atoms with Gasteiger partial charge in [-0.15, -0.1) is 0 Å². The minimum absolute atomic E-state index is 0.280. The highest BCUT2D eigenvalue weighted by Gasteiger charge is 2.23. The molecule has 0 saturated carbocycles. The average Bonchev–Trinajstić information content (AvgIpc) is 2.31. The van der Waals surface area contributed by atoms with Gasteiger partial charge in [0.1, 0.15) is 0 Å². The van der Waals surface area contributed by atoms with Crippen molar-refractivity contribution in [1.82, 2.24) is 5.32 Å². The molecule has 2 N–H and O–H groups in total. The molecule has 1 atom stereocenters. The van der Waals surface area contributed by atoms with Crippen molar-refractivity contribution in [2.24, 2.45) is 0 Å².